The van der Waals surface area contributed by atoms with E-state index >= 15 is 0 Å². The molecular weight excluding hydrogens is 298 g/mol. The summed E-state index contributed by atoms with van der Waals surface area (Å²) in [5, 5.41) is 0.00811. The van der Waals surface area contributed by atoms with Crippen LogP contribution in [0.5, 0.6) is 11.5 Å². The molecule has 0 fully saturated rings. The van der Waals surface area contributed by atoms with Gasteiger partial charge < -0.3 is 14.4 Å². The fourth-order valence-electron chi connectivity index (χ4n) is 2.32. The Kier molecular flexibility index (Phi) is 6.43. The summed E-state index contributed by atoms with van der Waals surface area (Å²) < 4.78 is 11.1. The van der Waals surface area contributed by atoms with Gasteiger partial charge in [-0.15, -0.1) is 11.8 Å². The fraction of sp³-hybridized carbons (Fsp3) is 0.588. The maximum atomic E-state index is 12.4. The number of hydrogen-bond acceptors (Lipinski definition) is 4. The van der Waals surface area contributed by atoms with E-state index in [1.54, 1.807) is 16.7 Å². The number of carbonyl (C=O) groups is 1. The molecule has 0 saturated heterocycles. The van der Waals surface area contributed by atoms with E-state index in [4.69, 9.17) is 9.47 Å². The van der Waals surface area contributed by atoms with E-state index in [-0.39, 0.29) is 11.2 Å². The molecule has 1 aliphatic rings. The lowest BCUT2D eigenvalue weighted by Crippen LogP contribution is -2.33. The third-order valence-corrected chi connectivity index (χ3v) is 4.84. The van der Waals surface area contributed by atoms with Crippen LogP contribution in [0.2, 0.25) is 0 Å². The fourth-order valence-corrected chi connectivity index (χ4v) is 3.46. The molecule has 0 N–H and O–H groups in total. The van der Waals surface area contributed by atoms with Gasteiger partial charge in [0.05, 0.1) is 5.25 Å². The Morgan fingerprint density at radius 3 is 2.77 bits per heavy atom. The Balaban J connectivity index is 1.90. The molecule has 0 spiro atoms. The Morgan fingerprint density at radius 1 is 1.32 bits per heavy atom. The first-order valence-corrected chi connectivity index (χ1v) is 8.91. The minimum atomic E-state index is 0.00811. The number of nitrogens with zero attached hydrogens (tertiary/aromatic N) is 1. The molecule has 0 aliphatic carbocycles. The molecule has 0 saturated carbocycles. The molecule has 1 aliphatic heterocycles. The number of fused-ring (bicyclic) bond motifs is 1. The standard InChI is InChI=1S/C17H25NO3S/c1-4-5-10-22-13(2)17(19)18(3)12-14-6-7-15-16(11-14)21-9-8-20-15/h6-7,11,13H,4-5,8-10,12H2,1-3H3. The zero-order valence-electron chi connectivity index (χ0n) is 13.6. The molecule has 122 valence electrons. The van der Waals surface area contributed by atoms with Gasteiger partial charge in [0, 0.05) is 13.6 Å². The van der Waals surface area contributed by atoms with Gasteiger partial charge in [0.1, 0.15) is 13.2 Å². The Morgan fingerprint density at radius 2 is 2.05 bits per heavy atom. The van der Waals surface area contributed by atoms with Crippen molar-refractivity contribution in [1.82, 2.24) is 4.90 Å². The van der Waals surface area contributed by atoms with Crippen molar-refractivity contribution in [3.05, 3.63) is 23.8 Å². The molecular formula is C17H25NO3S. The van der Waals surface area contributed by atoms with Crippen molar-refractivity contribution in [2.24, 2.45) is 0 Å². The molecule has 5 heteroatoms. The third-order valence-electron chi connectivity index (χ3n) is 3.62. The monoisotopic (exact) mass is 323 g/mol. The van der Waals surface area contributed by atoms with Gasteiger partial charge in [0.15, 0.2) is 11.5 Å². The van der Waals surface area contributed by atoms with Crippen molar-refractivity contribution in [3.63, 3.8) is 0 Å². The first-order valence-electron chi connectivity index (χ1n) is 7.87. The number of benzene rings is 1. The van der Waals surface area contributed by atoms with Crippen LogP contribution in [0.3, 0.4) is 0 Å². The average molecular weight is 323 g/mol. The first kappa shape index (κ1) is 17.0. The lowest BCUT2D eigenvalue weighted by Gasteiger charge is -2.23. The highest BCUT2D eigenvalue weighted by molar-refractivity contribution is 8.00. The molecule has 2 rings (SSSR count). The van der Waals surface area contributed by atoms with Crippen LogP contribution in [0.1, 0.15) is 32.3 Å². The van der Waals surface area contributed by atoms with E-state index in [0.717, 1.165) is 29.2 Å². The molecule has 1 aromatic carbocycles. The van der Waals surface area contributed by atoms with Gasteiger partial charge >= 0.3 is 0 Å². The van der Waals surface area contributed by atoms with Crippen LogP contribution in [0.15, 0.2) is 18.2 Å². The highest BCUT2D eigenvalue weighted by Crippen LogP contribution is 2.31. The molecule has 0 aromatic heterocycles. The van der Waals surface area contributed by atoms with Gasteiger partial charge in [-0.3, -0.25) is 4.79 Å². The van der Waals surface area contributed by atoms with Gasteiger partial charge in [-0.05, 0) is 36.8 Å². The minimum Gasteiger partial charge on any atom is -0.486 e. The van der Waals surface area contributed by atoms with E-state index in [9.17, 15) is 4.79 Å². The summed E-state index contributed by atoms with van der Waals surface area (Å²) in [6.45, 7) is 5.92. The van der Waals surface area contributed by atoms with Crippen molar-refractivity contribution in [1.29, 1.82) is 0 Å². The predicted molar refractivity (Wildman–Crippen MR) is 90.7 cm³/mol. The highest BCUT2D eigenvalue weighted by atomic mass is 32.2. The number of amides is 1. The maximum absolute atomic E-state index is 12.4. The third kappa shape index (κ3) is 4.57. The second-order valence-corrected chi connectivity index (χ2v) is 6.99. The number of thioether (sulfide) groups is 1. The van der Waals surface area contributed by atoms with Crippen LogP contribution in [0.4, 0.5) is 0 Å². The smallest absolute Gasteiger partial charge is 0.235 e. The lowest BCUT2D eigenvalue weighted by molar-refractivity contribution is -0.129. The molecule has 1 heterocycles. The normalized spacial score (nSPS) is 14.5. The molecule has 1 unspecified atom stereocenters. The van der Waals surface area contributed by atoms with Gasteiger partial charge in [-0.25, -0.2) is 0 Å². The van der Waals surface area contributed by atoms with E-state index in [0.29, 0.717) is 19.8 Å². The lowest BCUT2D eigenvalue weighted by atomic mass is 10.2. The van der Waals surface area contributed by atoms with Crippen molar-refractivity contribution in [2.45, 2.75) is 38.5 Å². The SMILES string of the molecule is CCCCSC(C)C(=O)N(C)Cc1ccc2c(c1)OCCO2. The summed E-state index contributed by atoms with van der Waals surface area (Å²) in [6.07, 6.45) is 2.33. The second-order valence-electron chi connectivity index (χ2n) is 5.54. The molecule has 1 amide bonds. The summed E-state index contributed by atoms with van der Waals surface area (Å²) in [7, 11) is 1.86. The van der Waals surface area contributed by atoms with Crippen LogP contribution in [0.25, 0.3) is 0 Å². The number of ether oxygens (including phenoxy) is 2. The molecule has 4 nitrogen and oxygen atoms in total. The Labute approximate surface area is 137 Å². The Bertz CT molecular complexity index is 507. The summed E-state index contributed by atoms with van der Waals surface area (Å²) in [5.41, 5.74) is 1.06. The number of hydrogen-bond donors (Lipinski definition) is 0. The van der Waals surface area contributed by atoms with Crippen molar-refractivity contribution >= 4 is 17.7 Å². The van der Waals surface area contributed by atoms with Gasteiger partial charge in [-0.2, -0.15) is 0 Å². The van der Waals surface area contributed by atoms with Crippen molar-refractivity contribution < 1.29 is 14.3 Å². The maximum Gasteiger partial charge on any atom is 0.235 e. The summed E-state index contributed by atoms with van der Waals surface area (Å²) in [5.74, 6) is 2.78. The highest BCUT2D eigenvalue weighted by Gasteiger charge is 2.19. The van der Waals surface area contributed by atoms with E-state index < -0.39 is 0 Å². The van der Waals surface area contributed by atoms with Gasteiger partial charge in [0.25, 0.3) is 0 Å². The van der Waals surface area contributed by atoms with Crippen molar-refractivity contribution in [2.75, 3.05) is 26.0 Å². The topological polar surface area (TPSA) is 38.8 Å². The van der Waals surface area contributed by atoms with E-state index in [1.165, 1.54) is 6.42 Å². The van der Waals surface area contributed by atoms with Crippen LogP contribution in [0, 0.1) is 0 Å². The van der Waals surface area contributed by atoms with Crippen LogP contribution in [-0.4, -0.2) is 42.1 Å². The number of rotatable bonds is 7. The first-order chi connectivity index (χ1) is 10.6. The van der Waals surface area contributed by atoms with Crippen molar-refractivity contribution in [3.8, 4) is 11.5 Å². The molecule has 0 radical (unpaired) electrons. The molecule has 1 aromatic rings. The van der Waals surface area contributed by atoms with Crippen LogP contribution in [-0.2, 0) is 11.3 Å². The summed E-state index contributed by atoms with van der Waals surface area (Å²) >= 11 is 1.73. The Hall–Kier alpha value is -1.36. The average Bonchev–Trinajstić information content (AvgIpc) is 2.54. The van der Waals surface area contributed by atoms with Gasteiger partial charge in [0.2, 0.25) is 5.91 Å². The van der Waals surface area contributed by atoms with E-state index in [2.05, 4.69) is 6.92 Å². The van der Waals surface area contributed by atoms with Crippen LogP contribution >= 0.6 is 11.8 Å². The molecule has 1 atom stereocenters. The zero-order valence-corrected chi connectivity index (χ0v) is 14.4. The summed E-state index contributed by atoms with van der Waals surface area (Å²) in [4.78, 5) is 14.2. The number of unbranched alkanes of at least 4 members (excludes halogenated alkanes) is 1. The zero-order chi connectivity index (χ0) is 15.9. The minimum absolute atomic E-state index is 0.00811. The molecule has 0 bridgehead atoms. The van der Waals surface area contributed by atoms with Crippen LogP contribution < -0.4 is 9.47 Å². The quantitative estimate of drug-likeness (QED) is 0.722. The number of carbonyl (C=O) groups excluding carboxylic acids is 1. The molecule has 22 heavy (non-hydrogen) atoms. The predicted octanol–water partition coefficient (Wildman–Crippen LogP) is 3.34. The largest absolute Gasteiger partial charge is 0.486 e. The summed E-state index contributed by atoms with van der Waals surface area (Å²) in [6, 6.07) is 5.88. The van der Waals surface area contributed by atoms with E-state index in [1.807, 2.05) is 32.2 Å². The second kappa shape index (κ2) is 8.32. The van der Waals surface area contributed by atoms with Gasteiger partial charge in [-0.1, -0.05) is 19.4 Å².